The van der Waals surface area contributed by atoms with E-state index in [1.54, 1.807) is 0 Å². The molecule has 1 aromatic rings. The van der Waals surface area contributed by atoms with Crippen molar-refractivity contribution < 1.29 is 0 Å². The third kappa shape index (κ3) is 3.44. The minimum Gasteiger partial charge on any atom is -0.349 e. The second-order valence-corrected chi connectivity index (χ2v) is 7.50. The largest absolute Gasteiger partial charge is 0.349 e. The lowest BCUT2D eigenvalue weighted by Gasteiger charge is -2.34. The van der Waals surface area contributed by atoms with E-state index in [9.17, 15) is 0 Å². The molecular formula is C17H31N3. The van der Waals surface area contributed by atoms with Gasteiger partial charge in [-0.1, -0.05) is 13.8 Å². The van der Waals surface area contributed by atoms with Crippen LogP contribution in [0.5, 0.6) is 0 Å². The highest BCUT2D eigenvalue weighted by molar-refractivity contribution is 5.34. The predicted octanol–water partition coefficient (Wildman–Crippen LogP) is 3.11. The molecule has 2 rings (SSSR count). The number of hydrogen-bond donors (Lipinski definition) is 1. The molecular weight excluding hydrogens is 246 g/mol. The summed E-state index contributed by atoms with van der Waals surface area (Å²) in [5.74, 6) is 0. The van der Waals surface area contributed by atoms with Gasteiger partial charge < -0.3 is 15.2 Å². The van der Waals surface area contributed by atoms with Gasteiger partial charge in [0.2, 0.25) is 0 Å². The second kappa shape index (κ2) is 5.90. The van der Waals surface area contributed by atoms with Gasteiger partial charge in [0.15, 0.2) is 0 Å². The van der Waals surface area contributed by atoms with Gasteiger partial charge >= 0.3 is 0 Å². The maximum atomic E-state index is 6.38. The standard InChI is InChI=1S/C17H31N3/c1-13-10-14-15(18)11-17(2,3)12-16(14)20(13)9-7-6-8-19(4)5/h10,15H,6-9,11-12,18H2,1-5H3. The molecule has 0 aliphatic heterocycles. The summed E-state index contributed by atoms with van der Waals surface area (Å²) in [6.45, 7) is 9.22. The van der Waals surface area contributed by atoms with E-state index in [4.69, 9.17) is 5.73 Å². The predicted molar refractivity (Wildman–Crippen MR) is 86.0 cm³/mol. The molecule has 0 bridgehead atoms. The first-order chi connectivity index (χ1) is 9.30. The monoisotopic (exact) mass is 277 g/mol. The molecule has 1 unspecified atom stereocenters. The lowest BCUT2D eigenvalue weighted by atomic mass is 9.74. The number of unbranched alkanes of at least 4 members (excludes halogenated alkanes) is 1. The highest BCUT2D eigenvalue weighted by atomic mass is 15.0. The highest BCUT2D eigenvalue weighted by Crippen LogP contribution is 2.40. The lowest BCUT2D eigenvalue weighted by Crippen LogP contribution is -2.30. The summed E-state index contributed by atoms with van der Waals surface area (Å²) in [5, 5.41) is 0. The Morgan fingerprint density at radius 2 is 2.05 bits per heavy atom. The molecule has 114 valence electrons. The highest BCUT2D eigenvalue weighted by Gasteiger charge is 2.33. The van der Waals surface area contributed by atoms with Gasteiger partial charge in [0.1, 0.15) is 0 Å². The van der Waals surface area contributed by atoms with Crippen molar-refractivity contribution in [3.8, 4) is 0 Å². The SMILES string of the molecule is Cc1cc2c(n1CCCCN(C)C)CC(C)(C)CC2N. The molecule has 1 atom stereocenters. The zero-order valence-corrected chi connectivity index (χ0v) is 13.9. The van der Waals surface area contributed by atoms with Crippen molar-refractivity contribution in [1.82, 2.24) is 9.47 Å². The van der Waals surface area contributed by atoms with Crippen molar-refractivity contribution in [2.75, 3.05) is 20.6 Å². The Balaban J connectivity index is 2.10. The van der Waals surface area contributed by atoms with Crippen LogP contribution in [0.2, 0.25) is 0 Å². The summed E-state index contributed by atoms with van der Waals surface area (Å²) in [5.41, 5.74) is 11.0. The van der Waals surface area contributed by atoms with Gasteiger partial charge in [0.25, 0.3) is 0 Å². The molecule has 20 heavy (non-hydrogen) atoms. The molecule has 0 fully saturated rings. The first-order valence-electron chi connectivity index (χ1n) is 7.89. The average molecular weight is 277 g/mol. The van der Waals surface area contributed by atoms with E-state index in [-0.39, 0.29) is 6.04 Å². The van der Waals surface area contributed by atoms with E-state index in [2.05, 4.69) is 50.4 Å². The number of aryl methyl sites for hydroxylation is 1. The molecule has 0 saturated carbocycles. The summed E-state index contributed by atoms with van der Waals surface area (Å²) < 4.78 is 2.52. The molecule has 3 nitrogen and oxygen atoms in total. The fourth-order valence-electron chi connectivity index (χ4n) is 3.51. The van der Waals surface area contributed by atoms with Crippen molar-refractivity contribution in [2.45, 2.75) is 59.0 Å². The fraction of sp³-hybridized carbons (Fsp3) is 0.765. The van der Waals surface area contributed by atoms with Crippen LogP contribution in [0.3, 0.4) is 0 Å². The number of nitrogens with zero attached hydrogens (tertiary/aromatic N) is 2. The van der Waals surface area contributed by atoms with Crippen molar-refractivity contribution in [3.63, 3.8) is 0 Å². The number of hydrogen-bond acceptors (Lipinski definition) is 2. The molecule has 0 aromatic carbocycles. The van der Waals surface area contributed by atoms with Crippen molar-refractivity contribution in [3.05, 3.63) is 23.0 Å². The Labute approximate surface area is 124 Å². The molecule has 0 amide bonds. The first-order valence-corrected chi connectivity index (χ1v) is 7.89. The van der Waals surface area contributed by atoms with Gasteiger partial charge in [0.05, 0.1) is 0 Å². The Hall–Kier alpha value is -0.800. The summed E-state index contributed by atoms with van der Waals surface area (Å²) in [6, 6.07) is 2.54. The van der Waals surface area contributed by atoms with E-state index in [1.165, 1.54) is 36.3 Å². The number of fused-ring (bicyclic) bond motifs is 1. The Bertz CT molecular complexity index is 457. The number of rotatable bonds is 5. The number of nitrogens with two attached hydrogens (primary N) is 1. The molecule has 1 heterocycles. The smallest absolute Gasteiger partial charge is 0.0318 e. The van der Waals surface area contributed by atoms with Gasteiger partial charge in [-0.05, 0) is 70.3 Å². The third-order valence-electron chi connectivity index (χ3n) is 4.50. The van der Waals surface area contributed by atoms with Crippen LogP contribution in [0.15, 0.2) is 6.07 Å². The molecule has 1 aliphatic carbocycles. The zero-order valence-electron chi connectivity index (χ0n) is 13.9. The second-order valence-electron chi connectivity index (χ2n) is 7.50. The third-order valence-corrected chi connectivity index (χ3v) is 4.50. The molecule has 1 aromatic heterocycles. The van der Waals surface area contributed by atoms with Crippen LogP contribution in [0.25, 0.3) is 0 Å². The lowest BCUT2D eigenvalue weighted by molar-refractivity contribution is 0.274. The van der Waals surface area contributed by atoms with Gasteiger partial charge in [-0.3, -0.25) is 0 Å². The molecule has 3 heteroatoms. The topological polar surface area (TPSA) is 34.2 Å². The molecule has 0 spiro atoms. The van der Waals surface area contributed by atoms with E-state index >= 15 is 0 Å². The van der Waals surface area contributed by atoms with Crippen molar-refractivity contribution in [1.29, 1.82) is 0 Å². The van der Waals surface area contributed by atoms with Crippen LogP contribution in [-0.4, -0.2) is 30.1 Å². The molecule has 1 aliphatic rings. The summed E-state index contributed by atoms with van der Waals surface area (Å²) >= 11 is 0. The average Bonchev–Trinajstić information content (AvgIpc) is 2.60. The molecule has 0 saturated heterocycles. The zero-order chi connectivity index (χ0) is 14.9. The molecule has 0 radical (unpaired) electrons. The van der Waals surface area contributed by atoms with Gasteiger partial charge in [0, 0.05) is 24.0 Å². The number of aromatic nitrogens is 1. The van der Waals surface area contributed by atoms with Crippen molar-refractivity contribution >= 4 is 0 Å². The first kappa shape index (κ1) is 15.6. The van der Waals surface area contributed by atoms with Gasteiger partial charge in [-0.25, -0.2) is 0 Å². The van der Waals surface area contributed by atoms with Crippen LogP contribution in [0, 0.1) is 12.3 Å². The molecule has 2 N–H and O–H groups in total. The van der Waals surface area contributed by atoms with E-state index in [0.717, 1.165) is 19.4 Å². The summed E-state index contributed by atoms with van der Waals surface area (Å²) in [4.78, 5) is 2.26. The van der Waals surface area contributed by atoms with Crippen LogP contribution in [-0.2, 0) is 13.0 Å². The van der Waals surface area contributed by atoms with Crippen LogP contribution >= 0.6 is 0 Å². The quantitative estimate of drug-likeness (QED) is 0.839. The Morgan fingerprint density at radius 3 is 2.70 bits per heavy atom. The maximum absolute atomic E-state index is 6.38. The maximum Gasteiger partial charge on any atom is 0.0318 e. The Morgan fingerprint density at radius 1 is 1.35 bits per heavy atom. The normalized spacial score (nSPS) is 21.2. The van der Waals surface area contributed by atoms with E-state index < -0.39 is 0 Å². The minimum atomic E-state index is 0.218. The summed E-state index contributed by atoms with van der Waals surface area (Å²) in [7, 11) is 4.29. The van der Waals surface area contributed by atoms with Gasteiger partial charge in [-0.15, -0.1) is 0 Å². The van der Waals surface area contributed by atoms with E-state index in [1.807, 2.05) is 0 Å². The van der Waals surface area contributed by atoms with Crippen LogP contribution < -0.4 is 5.73 Å². The minimum absolute atomic E-state index is 0.218. The Kier molecular flexibility index (Phi) is 4.60. The van der Waals surface area contributed by atoms with Crippen LogP contribution in [0.1, 0.15) is 56.1 Å². The van der Waals surface area contributed by atoms with Crippen LogP contribution in [0.4, 0.5) is 0 Å². The van der Waals surface area contributed by atoms with E-state index in [0.29, 0.717) is 5.41 Å². The van der Waals surface area contributed by atoms with Crippen molar-refractivity contribution in [2.24, 2.45) is 11.1 Å². The van der Waals surface area contributed by atoms with Gasteiger partial charge in [-0.2, -0.15) is 0 Å². The summed E-state index contributed by atoms with van der Waals surface area (Å²) in [6.07, 6.45) is 4.77. The fourth-order valence-corrected chi connectivity index (χ4v) is 3.51.